The number of ether oxygens (including phenoxy) is 1. The van der Waals surface area contributed by atoms with Crippen LogP contribution in [0.15, 0.2) is 78.2 Å². The van der Waals surface area contributed by atoms with Gasteiger partial charge in [-0.25, -0.2) is 4.79 Å². The first-order valence-electron chi connectivity index (χ1n) is 13.9. The second kappa shape index (κ2) is 13.7. The van der Waals surface area contributed by atoms with E-state index in [1.165, 1.54) is 4.88 Å². The molecule has 3 aromatic rings. The van der Waals surface area contributed by atoms with Gasteiger partial charge in [0.1, 0.15) is 12.5 Å². The van der Waals surface area contributed by atoms with Gasteiger partial charge in [0.15, 0.2) is 12.6 Å². The zero-order chi connectivity index (χ0) is 31.1. The summed E-state index contributed by atoms with van der Waals surface area (Å²) in [6.45, 7) is 3.46. The van der Waals surface area contributed by atoms with E-state index in [0.29, 0.717) is 35.2 Å². The van der Waals surface area contributed by atoms with Crippen LogP contribution in [0.3, 0.4) is 0 Å². The highest BCUT2D eigenvalue weighted by atomic mass is 32.1. The number of carbonyl (C=O) groups is 3. The number of carbonyl (C=O) groups excluding carboxylic acids is 3. The summed E-state index contributed by atoms with van der Waals surface area (Å²) in [7, 11) is 0. The Morgan fingerprint density at radius 1 is 0.953 bits per heavy atom. The fraction of sp³-hybridized carbons (Fsp3) is 0.387. The number of amides is 1. The fourth-order valence-corrected chi connectivity index (χ4v) is 6.41. The number of aliphatic hydroxyl groups is 1. The summed E-state index contributed by atoms with van der Waals surface area (Å²) in [5.74, 6) is -3.36. The topological polar surface area (TPSA) is 116 Å². The average Bonchev–Trinajstić information content (AvgIpc) is 3.51. The van der Waals surface area contributed by atoms with Crippen molar-refractivity contribution in [2.45, 2.75) is 37.1 Å². The van der Waals surface area contributed by atoms with E-state index in [9.17, 15) is 27.9 Å². The molecule has 0 unspecified atom stereocenters. The van der Waals surface area contributed by atoms with Crippen LogP contribution in [-0.2, 0) is 31.1 Å². The maximum atomic E-state index is 13.6. The molecule has 0 aliphatic carbocycles. The number of rotatable bonds is 9. The van der Waals surface area contributed by atoms with Crippen LogP contribution in [0.2, 0.25) is 0 Å². The number of esters is 1. The number of carboxylic acid groups (broad SMARTS) is 1. The SMILES string of the molecule is O=C(C[N+]12CCC(CC1)[C@@H](OC(=O)C(O)(c1ccccc1)c1ccccc1)C2)NCCc1cccs1.O=C([O-])C(F)(F)F. The summed E-state index contributed by atoms with van der Waals surface area (Å²) < 4.78 is 38.3. The van der Waals surface area contributed by atoms with Crippen LogP contribution < -0.4 is 10.4 Å². The van der Waals surface area contributed by atoms with E-state index in [4.69, 9.17) is 14.6 Å². The molecule has 3 aliphatic heterocycles. The van der Waals surface area contributed by atoms with Crippen LogP contribution in [0.5, 0.6) is 0 Å². The van der Waals surface area contributed by atoms with Crippen LogP contribution in [0.1, 0.15) is 28.8 Å². The minimum Gasteiger partial charge on any atom is -0.542 e. The predicted molar refractivity (Wildman–Crippen MR) is 150 cm³/mol. The van der Waals surface area contributed by atoms with Gasteiger partial charge in [0, 0.05) is 30.2 Å². The van der Waals surface area contributed by atoms with E-state index >= 15 is 0 Å². The van der Waals surface area contributed by atoms with Crippen molar-refractivity contribution >= 4 is 29.2 Å². The van der Waals surface area contributed by atoms with Crippen molar-refractivity contribution in [2.75, 3.05) is 32.7 Å². The Labute approximate surface area is 251 Å². The van der Waals surface area contributed by atoms with Gasteiger partial charge in [-0.05, 0) is 29.0 Å². The Hall–Kier alpha value is -3.74. The van der Waals surface area contributed by atoms with Crippen LogP contribution in [0.25, 0.3) is 0 Å². The Balaban J connectivity index is 0.000000541. The summed E-state index contributed by atoms with van der Waals surface area (Å²) in [6, 6.07) is 22.0. The molecule has 6 rings (SSSR count). The lowest BCUT2D eigenvalue weighted by molar-refractivity contribution is -0.939. The largest absolute Gasteiger partial charge is 0.542 e. The van der Waals surface area contributed by atoms with E-state index in [2.05, 4.69) is 11.4 Å². The molecule has 2 bridgehead atoms. The van der Waals surface area contributed by atoms with Crippen LogP contribution in [-0.4, -0.2) is 72.4 Å². The van der Waals surface area contributed by atoms with Crippen molar-refractivity contribution in [3.63, 3.8) is 0 Å². The summed E-state index contributed by atoms with van der Waals surface area (Å²) in [4.78, 5) is 36.5. The first-order valence-corrected chi connectivity index (χ1v) is 14.8. The number of thiophene rings is 1. The maximum Gasteiger partial charge on any atom is 0.430 e. The lowest BCUT2D eigenvalue weighted by atomic mass is 9.82. The molecule has 0 spiro atoms. The number of hydrogen-bond donors (Lipinski definition) is 2. The van der Waals surface area contributed by atoms with Crippen LogP contribution >= 0.6 is 11.3 Å². The molecule has 3 fully saturated rings. The molecule has 43 heavy (non-hydrogen) atoms. The normalized spacial score (nSPS) is 21.3. The minimum atomic E-state index is -5.19. The second-order valence-electron chi connectivity index (χ2n) is 10.8. The van der Waals surface area contributed by atoms with Gasteiger partial charge in [0.2, 0.25) is 5.60 Å². The number of benzene rings is 2. The highest BCUT2D eigenvalue weighted by Gasteiger charge is 2.51. The first kappa shape index (κ1) is 32.2. The van der Waals surface area contributed by atoms with E-state index in [0.717, 1.165) is 32.4 Å². The van der Waals surface area contributed by atoms with Gasteiger partial charge < -0.3 is 29.5 Å². The molecule has 230 valence electrons. The Bertz CT molecular complexity index is 1320. The van der Waals surface area contributed by atoms with Gasteiger partial charge in [-0.15, -0.1) is 11.3 Å². The lowest BCUT2D eigenvalue weighted by Gasteiger charge is -2.51. The smallest absolute Gasteiger partial charge is 0.430 e. The molecule has 2 aromatic carbocycles. The predicted octanol–water partition coefficient (Wildman–Crippen LogP) is 2.79. The zero-order valence-corrected chi connectivity index (χ0v) is 24.1. The van der Waals surface area contributed by atoms with E-state index in [1.807, 2.05) is 47.8 Å². The number of halogens is 3. The van der Waals surface area contributed by atoms with Crippen molar-refractivity contribution < 1.29 is 47.0 Å². The van der Waals surface area contributed by atoms with Crippen molar-refractivity contribution in [2.24, 2.45) is 5.92 Å². The standard InChI is InChI=1S/C29H32N2O4S.C2HF3O2/c32-27(30-16-13-25-12-7-19-36-25)21-31-17-14-22(15-18-31)26(20-31)35-28(33)29(34,23-8-3-1-4-9-23)24-10-5-2-6-11-24;3-2(4,5)1(6)7/h1-12,19,22,26,34H,13-18,20-21H2;(H,6,7)/t22?,26-,31?;/m0./s1. The molecule has 3 saturated heterocycles. The number of aliphatic carboxylic acids is 1. The third-order valence-corrected chi connectivity index (χ3v) is 8.90. The van der Waals surface area contributed by atoms with Crippen molar-refractivity contribution in [1.82, 2.24) is 5.32 Å². The number of hydrogen-bond acceptors (Lipinski definition) is 7. The molecule has 4 heterocycles. The highest BCUT2D eigenvalue weighted by Crippen LogP contribution is 2.38. The van der Waals surface area contributed by atoms with Crippen molar-refractivity contribution in [3.8, 4) is 0 Å². The lowest BCUT2D eigenvalue weighted by Crippen LogP contribution is -2.67. The molecule has 1 atom stereocenters. The van der Waals surface area contributed by atoms with Crippen LogP contribution in [0.4, 0.5) is 13.2 Å². The molecule has 1 aromatic heterocycles. The summed E-state index contributed by atoms with van der Waals surface area (Å²) >= 11 is 1.70. The monoisotopic (exact) mass is 618 g/mol. The number of fused-ring (bicyclic) bond motifs is 3. The highest BCUT2D eigenvalue weighted by molar-refractivity contribution is 7.09. The second-order valence-corrected chi connectivity index (χ2v) is 11.8. The number of quaternary nitrogens is 1. The van der Waals surface area contributed by atoms with Crippen molar-refractivity contribution in [3.05, 3.63) is 94.2 Å². The summed E-state index contributed by atoms with van der Waals surface area (Å²) in [6.07, 6.45) is -2.85. The van der Waals surface area contributed by atoms with Gasteiger partial charge in [-0.3, -0.25) is 4.79 Å². The molecule has 8 nitrogen and oxygen atoms in total. The first-order chi connectivity index (χ1) is 20.4. The maximum absolute atomic E-state index is 13.6. The third kappa shape index (κ3) is 8.01. The van der Waals surface area contributed by atoms with Gasteiger partial charge >= 0.3 is 12.1 Å². The minimum absolute atomic E-state index is 0.0436. The third-order valence-electron chi connectivity index (χ3n) is 7.96. The number of nitrogens with zero attached hydrogens (tertiary/aromatic N) is 1. The Morgan fingerprint density at radius 2 is 1.51 bits per heavy atom. The zero-order valence-electron chi connectivity index (χ0n) is 23.3. The summed E-state index contributed by atoms with van der Waals surface area (Å²) in [5.41, 5.74) is -0.925. The number of carboxylic acids is 1. The van der Waals surface area contributed by atoms with E-state index < -0.39 is 23.7 Å². The molecular formula is C31H33F3N2O6S. The van der Waals surface area contributed by atoms with Gasteiger partial charge in [0.05, 0.1) is 13.1 Å². The molecule has 3 aliphatic rings. The fourth-order valence-electron chi connectivity index (χ4n) is 5.70. The molecule has 2 N–H and O–H groups in total. The average molecular weight is 619 g/mol. The summed E-state index contributed by atoms with van der Waals surface area (Å²) in [5, 5.41) is 25.7. The number of piperidine rings is 3. The van der Waals surface area contributed by atoms with E-state index in [-0.39, 0.29) is 17.9 Å². The molecule has 1 amide bonds. The Morgan fingerprint density at radius 3 is 2.00 bits per heavy atom. The van der Waals surface area contributed by atoms with Crippen LogP contribution in [0, 0.1) is 5.92 Å². The molecule has 0 saturated carbocycles. The molecule has 12 heteroatoms. The number of nitrogens with one attached hydrogen (secondary N) is 1. The van der Waals surface area contributed by atoms with Gasteiger partial charge in [0.25, 0.3) is 5.91 Å². The van der Waals surface area contributed by atoms with Gasteiger partial charge in [-0.2, -0.15) is 13.2 Å². The van der Waals surface area contributed by atoms with E-state index in [1.54, 1.807) is 35.6 Å². The van der Waals surface area contributed by atoms with Crippen molar-refractivity contribution in [1.29, 1.82) is 0 Å². The number of alkyl halides is 3. The Kier molecular flexibility index (Phi) is 10.3. The molecular weight excluding hydrogens is 585 g/mol. The molecule has 0 radical (unpaired) electrons. The quantitative estimate of drug-likeness (QED) is 0.282. The van der Waals surface area contributed by atoms with Gasteiger partial charge in [-0.1, -0.05) is 66.7 Å².